The van der Waals surface area contributed by atoms with Crippen molar-refractivity contribution >= 4 is 0 Å². The van der Waals surface area contributed by atoms with Gasteiger partial charge in [-0.3, -0.25) is 4.98 Å². The normalized spacial score (nSPS) is 9.93. The van der Waals surface area contributed by atoms with Crippen LogP contribution in [0.5, 0.6) is 5.75 Å². The van der Waals surface area contributed by atoms with Crippen molar-refractivity contribution in [2.45, 2.75) is 20.3 Å². The SMILES string of the molecule is COc1cnc(CC(C)C)cc1C#N. The lowest BCUT2D eigenvalue weighted by molar-refractivity contribution is 0.411. The summed E-state index contributed by atoms with van der Waals surface area (Å²) in [6.07, 6.45) is 2.49. The van der Waals surface area contributed by atoms with Crippen LogP contribution in [-0.2, 0) is 6.42 Å². The summed E-state index contributed by atoms with van der Waals surface area (Å²) in [5.41, 5.74) is 1.50. The summed E-state index contributed by atoms with van der Waals surface area (Å²) in [7, 11) is 1.54. The van der Waals surface area contributed by atoms with Crippen LogP contribution >= 0.6 is 0 Å². The minimum Gasteiger partial charge on any atom is -0.494 e. The molecule has 1 aromatic rings. The maximum atomic E-state index is 8.85. The minimum absolute atomic E-state index is 0.542. The second kappa shape index (κ2) is 4.61. The van der Waals surface area contributed by atoms with Gasteiger partial charge in [-0.15, -0.1) is 0 Å². The molecule has 0 saturated carbocycles. The lowest BCUT2D eigenvalue weighted by atomic mass is 10.1. The van der Waals surface area contributed by atoms with E-state index in [9.17, 15) is 0 Å². The highest BCUT2D eigenvalue weighted by Crippen LogP contribution is 2.17. The van der Waals surface area contributed by atoms with Crippen LogP contribution in [0.25, 0.3) is 0 Å². The van der Waals surface area contributed by atoms with Gasteiger partial charge < -0.3 is 4.74 Å². The predicted octanol–water partition coefficient (Wildman–Crippen LogP) is 2.16. The van der Waals surface area contributed by atoms with Crippen LogP contribution in [-0.4, -0.2) is 12.1 Å². The van der Waals surface area contributed by atoms with Crippen molar-refractivity contribution in [2.75, 3.05) is 7.11 Å². The molecule has 0 unspecified atom stereocenters. The van der Waals surface area contributed by atoms with Gasteiger partial charge in [-0.1, -0.05) is 13.8 Å². The van der Waals surface area contributed by atoms with Crippen molar-refractivity contribution in [2.24, 2.45) is 5.92 Å². The summed E-state index contributed by atoms with van der Waals surface area (Å²) in [4.78, 5) is 4.22. The molecule has 0 amide bonds. The fourth-order valence-corrected chi connectivity index (χ4v) is 1.27. The number of methoxy groups -OCH3 is 1. The zero-order valence-corrected chi connectivity index (χ0v) is 8.74. The largest absolute Gasteiger partial charge is 0.494 e. The molecule has 0 N–H and O–H groups in total. The highest BCUT2D eigenvalue weighted by molar-refractivity contribution is 5.42. The summed E-state index contributed by atoms with van der Waals surface area (Å²) < 4.78 is 5.01. The van der Waals surface area contributed by atoms with E-state index in [-0.39, 0.29) is 0 Å². The van der Waals surface area contributed by atoms with E-state index >= 15 is 0 Å². The Morgan fingerprint density at radius 3 is 2.79 bits per heavy atom. The van der Waals surface area contributed by atoms with Crippen molar-refractivity contribution < 1.29 is 4.74 Å². The Balaban J connectivity index is 2.97. The monoisotopic (exact) mass is 190 g/mol. The first-order chi connectivity index (χ1) is 6.67. The van der Waals surface area contributed by atoms with Gasteiger partial charge in [0.2, 0.25) is 0 Å². The molecule has 74 valence electrons. The van der Waals surface area contributed by atoms with Gasteiger partial charge in [0, 0.05) is 5.69 Å². The lowest BCUT2D eigenvalue weighted by Crippen LogP contribution is -1.99. The fraction of sp³-hybridized carbons (Fsp3) is 0.455. The Bertz CT molecular complexity index is 353. The fourth-order valence-electron chi connectivity index (χ4n) is 1.27. The summed E-state index contributed by atoms with van der Waals surface area (Å²) in [5.74, 6) is 1.09. The number of ether oxygens (including phenoxy) is 1. The molecule has 0 atom stereocenters. The molecule has 0 aromatic carbocycles. The number of nitriles is 1. The first-order valence-electron chi connectivity index (χ1n) is 4.60. The molecule has 1 heterocycles. The molecule has 3 nitrogen and oxygen atoms in total. The maximum Gasteiger partial charge on any atom is 0.154 e. The van der Waals surface area contributed by atoms with Gasteiger partial charge in [0.05, 0.1) is 18.9 Å². The van der Waals surface area contributed by atoms with Crippen molar-refractivity contribution in [3.05, 3.63) is 23.5 Å². The maximum absolute atomic E-state index is 8.85. The highest BCUT2D eigenvalue weighted by Gasteiger charge is 2.05. The number of hydrogen-bond donors (Lipinski definition) is 0. The van der Waals surface area contributed by atoms with Gasteiger partial charge >= 0.3 is 0 Å². The molecular formula is C11H14N2O. The average molecular weight is 190 g/mol. The summed E-state index contributed by atoms with van der Waals surface area (Å²) in [6, 6.07) is 3.89. The van der Waals surface area contributed by atoms with Gasteiger partial charge in [0.1, 0.15) is 6.07 Å². The summed E-state index contributed by atoms with van der Waals surface area (Å²) >= 11 is 0. The molecule has 0 aliphatic heterocycles. The molecular weight excluding hydrogens is 176 g/mol. The average Bonchev–Trinajstić information content (AvgIpc) is 2.16. The molecule has 1 aromatic heterocycles. The van der Waals surface area contributed by atoms with Crippen molar-refractivity contribution in [3.8, 4) is 11.8 Å². The smallest absolute Gasteiger partial charge is 0.154 e. The summed E-state index contributed by atoms with van der Waals surface area (Å²) in [6.45, 7) is 4.25. The van der Waals surface area contributed by atoms with Crippen molar-refractivity contribution in [1.29, 1.82) is 5.26 Å². The van der Waals surface area contributed by atoms with Gasteiger partial charge in [0.15, 0.2) is 5.75 Å². The number of hydrogen-bond acceptors (Lipinski definition) is 3. The van der Waals surface area contributed by atoms with Crippen LogP contribution in [0, 0.1) is 17.2 Å². The second-order valence-electron chi connectivity index (χ2n) is 3.59. The van der Waals surface area contributed by atoms with Crippen LogP contribution in [0.1, 0.15) is 25.1 Å². The lowest BCUT2D eigenvalue weighted by Gasteiger charge is -2.06. The molecule has 0 spiro atoms. The van der Waals surface area contributed by atoms with E-state index in [4.69, 9.17) is 10.00 Å². The van der Waals surface area contributed by atoms with Crippen LogP contribution < -0.4 is 4.74 Å². The topological polar surface area (TPSA) is 45.9 Å². The molecule has 3 heteroatoms. The molecule has 0 aliphatic carbocycles. The van der Waals surface area contributed by atoms with E-state index in [2.05, 4.69) is 24.9 Å². The second-order valence-corrected chi connectivity index (χ2v) is 3.59. The van der Waals surface area contributed by atoms with Crippen molar-refractivity contribution in [3.63, 3.8) is 0 Å². The van der Waals surface area contributed by atoms with Gasteiger partial charge in [0.25, 0.3) is 0 Å². The standard InChI is InChI=1S/C11H14N2O/c1-8(2)4-10-5-9(6-12)11(14-3)7-13-10/h5,7-8H,4H2,1-3H3. The zero-order chi connectivity index (χ0) is 10.6. The third-order valence-corrected chi connectivity index (χ3v) is 1.88. The molecule has 0 aliphatic rings. The van der Waals surface area contributed by atoms with Crippen molar-refractivity contribution in [1.82, 2.24) is 4.98 Å². The van der Waals surface area contributed by atoms with Gasteiger partial charge in [-0.25, -0.2) is 0 Å². The highest BCUT2D eigenvalue weighted by atomic mass is 16.5. The molecule has 0 bridgehead atoms. The van der Waals surface area contributed by atoms with Crippen LogP contribution in [0.3, 0.4) is 0 Å². The molecule has 1 rings (SSSR count). The first kappa shape index (κ1) is 10.5. The minimum atomic E-state index is 0.542. The number of pyridine rings is 1. The third-order valence-electron chi connectivity index (χ3n) is 1.88. The zero-order valence-electron chi connectivity index (χ0n) is 8.74. The Morgan fingerprint density at radius 2 is 2.29 bits per heavy atom. The molecule has 0 saturated heterocycles. The number of rotatable bonds is 3. The molecule has 0 radical (unpaired) electrons. The van der Waals surface area contributed by atoms with Gasteiger partial charge in [-0.05, 0) is 18.4 Å². The molecule has 0 fully saturated rings. The van der Waals surface area contributed by atoms with E-state index in [1.54, 1.807) is 19.4 Å². The Hall–Kier alpha value is -1.56. The van der Waals surface area contributed by atoms with E-state index in [1.165, 1.54) is 0 Å². The van der Waals surface area contributed by atoms with Crippen LogP contribution in [0.15, 0.2) is 12.3 Å². The Morgan fingerprint density at radius 1 is 1.57 bits per heavy atom. The Labute approximate surface area is 84.3 Å². The molecule has 14 heavy (non-hydrogen) atoms. The van der Waals surface area contributed by atoms with E-state index in [0.29, 0.717) is 17.2 Å². The van der Waals surface area contributed by atoms with E-state index in [0.717, 1.165) is 12.1 Å². The quantitative estimate of drug-likeness (QED) is 0.733. The van der Waals surface area contributed by atoms with E-state index < -0.39 is 0 Å². The number of aromatic nitrogens is 1. The number of nitrogens with zero attached hydrogens (tertiary/aromatic N) is 2. The van der Waals surface area contributed by atoms with Gasteiger partial charge in [-0.2, -0.15) is 5.26 Å². The first-order valence-corrected chi connectivity index (χ1v) is 4.60. The third kappa shape index (κ3) is 2.46. The summed E-state index contributed by atoms with van der Waals surface area (Å²) in [5, 5.41) is 8.85. The van der Waals surface area contributed by atoms with E-state index in [1.807, 2.05) is 0 Å². The van der Waals surface area contributed by atoms with Crippen LogP contribution in [0.2, 0.25) is 0 Å². The Kier molecular flexibility index (Phi) is 3.47. The van der Waals surface area contributed by atoms with Crippen LogP contribution in [0.4, 0.5) is 0 Å². The predicted molar refractivity (Wildman–Crippen MR) is 54.0 cm³/mol.